The molecule has 0 aliphatic carbocycles. The number of carbonyl (C=O) groups excluding carboxylic acids is 1. The van der Waals surface area contributed by atoms with Crippen LogP contribution >= 0.6 is 11.8 Å². The maximum atomic E-state index is 12.8. The van der Waals surface area contributed by atoms with E-state index in [1.54, 1.807) is 0 Å². The average Bonchev–Trinajstić information content (AvgIpc) is 3.22. The molecule has 30 heavy (non-hydrogen) atoms. The zero-order chi connectivity index (χ0) is 20.8. The molecule has 0 unspecified atom stereocenters. The van der Waals surface area contributed by atoms with Crippen molar-refractivity contribution in [2.75, 3.05) is 31.9 Å². The Balaban J connectivity index is 1.30. The standard InChI is InChI=1S/C23H27N5OS/c1-2-28-22(20-11-7-4-8-12-20)24-25-23(28)30-18-21(29)27-15-13-26(14-16-27)17-19-9-5-3-6-10-19/h3-12H,2,13-18H2,1H3/p+1. The number of nitrogens with one attached hydrogen (secondary N) is 1. The van der Waals surface area contributed by atoms with Crippen molar-refractivity contribution in [2.24, 2.45) is 0 Å². The first-order valence-corrected chi connectivity index (χ1v) is 11.5. The van der Waals surface area contributed by atoms with E-state index >= 15 is 0 Å². The average molecular weight is 423 g/mol. The number of amides is 1. The van der Waals surface area contributed by atoms with Gasteiger partial charge < -0.3 is 14.4 Å². The summed E-state index contributed by atoms with van der Waals surface area (Å²) in [6, 6.07) is 20.6. The predicted octanol–water partition coefficient (Wildman–Crippen LogP) is 1.98. The molecule has 3 aromatic rings. The van der Waals surface area contributed by atoms with Crippen LogP contribution in [0.25, 0.3) is 11.4 Å². The molecule has 1 aliphatic rings. The Hall–Kier alpha value is -2.64. The number of nitrogens with zero attached hydrogens (tertiary/aromatic N) is 4. The Labute approximate surface area is 181 Å². The number of piperazine rings is 1. The normalized spacial score (nSPS) is 14.8. The molecule has 7 heteroatoms. The minimum atomic E-state index is 0.186. The predicted molar refractivity (Wildman–Crippen MR) is 119 cm³/mol. The highest BCUT2D eigenvalue weighted by Crippen LogP contribution is 2.24. The quantitative estimate of drug-likeness (QED) is 0.592. The number of carbonyl (C=O) groups is 1. The Morgan fingerprint density at radius 3 is 2.33 bits per heavy atom. The van der Waals surface area contributed by atoms with Crippen LogP contribution in [0.3, 0.4) is 0 Å². The second kappa shape index (κ2) is 9.91. The summed E-state index contributed by atoms with van der Waals surface area (Å²) in [6.07, 6.45) is 0. The Kier molecular flexibility index (Phi) is 6.81. The fourth-order valence-electron chi connectivity index (χ4n) is 3.83. The van der Waals surface area contributed by atoms with E-state index in [0.717, 1.165) is 55.8 Å². The van der Waals surface area contributed by atoms with Crippen molar-refractivity contribution in [1.82, 2.24) is 19.7 Å². The summed E-state index contributed by atoms with van der Waals surface area (Å²) in [5.74, 6) is 1.44. The molecule has 0 saturated carbocycles. The van der Waals surface area contributed by atoms with Gasteiger partial charge in [0.2, 0.25) is 5.91 Å². The van der Waals surface area contributed by atoms with Crippen molar-refractivity contribution < 1.29 is 9.69 Å². The number of thioether (sulfide) groups is 1. The molecule has 0 radical (unpaired) electrons. The summed E-state index contributed by atoms with van der Waals surface area (Å²) in [7, 11) is 0. The van der Waals surface area contributed by atoms with Gasteiger partial charge in [0.1, 0.15) is 6.54 Å². The first-order valence-electron chi connectivity index (χ1n) is 10.5. The molecular formula is C23H28N5OS+. The maximum Gasteiger partial charge on any atom is 0.233 e. The van der Waals surface area contributed by atoms with Crippen molar-refractivity contribution in [3.8, 4) is 11.4 Å². The molecule has 4 rings (SSSR count). The molecule has 1 amide bonds. The number of rotatable bonds is 7. The third kappa shape index (κ3) is 4.91. The van der Waals surface area contributed by atoms with E-state index < -0.39 is 0 Å². The van der Waals surface area contributed by atoms with Crippen molar-refractivity contribution in [2.45, 2.75) is 25.2 Å². The van der Waals surface area contributed by atoms with Crippen LogP contribution in [-0.2, 0) is 17.9 Å². The molecule has 1 saturated heterocycles. The fraction of sp³-hybridized carbons (Fsp3) is 0.348. The van der Waals surface area contributed by atoms with Gasteiger partial charge in [-0.2, -0.15) is 0 Å². The molecule has 1 fully saturated rings. The molecule has 0 spiro atoms. The highest BCUT2D eigenvalue weighted by molar-refractivity contribution is 7.99. The van der Waals surface area contributed by atoms with Crippen LogP contribution in [0.15, 0.2) is 65.8 Å². The summed E-state index contributed by atoms with van der Waals surface area (Å²) in [5, 5.41) is 9.51. The largest absolute Gasteiger partial charge is 0.331 e. The highest BCUT2D eigenvalue weighted by atomic mass is 32.2. The number of hydrogen-bond acceptors (Lipinski definition) is 4. The third-order valence-electron chi connectivity index (χ3n) is 5.51. The first kappa shape index (κ1) is 20.6. The zero-order valence-electron chi connectivity index (χ0n) is 17.3. The molecule has 1 aromatic heterocycles. The van der Waals surface area contributed by atoms with Crippen LogP contribution in [0.1, 0.15) is 12.5 Å². The maximum absolute atomic E-state index is 12.8. The Morgan fingerprint density at radius 1 is 1.00 bits per heavy atom. The van der Waals surface area contributed by atoms with Crippen molar-refractivity contribution >= 4 is 17.7 Å². The molecule has 156 valence electrons. The minimum Gasteiger partial charge on any atom is -0.331 e. The molecule has 6 nitrogen and oxygen atoms in total. The van der Waals surface area contributed by atoms with Gasteiger partial charge in [0.15, 0.2) is 11.0 Å². The van der Waals surface area contributed by atoms with E-state index in [1.807, 2.05) is 35.2 Å². The van der Waals surface area contributed by atoms with Crippen molar-refractivity contribution in [1.29, 1.82) is 0 Å². The van der Waals surface area contributed by atoms with Gasteiger partial charge in [-0.25, -0.2) is 0 Å². The summed E-state index contributed by atoms with van der Waals surface area (Å²) >= 11 is 1.48. The van der Waals surface area contributed by atoms with Crippen LogP contribution in [-0.4, -0.2) is 57.5 Å². The lowest BCUT2D eigenvalue weighted by molar-refractivity contribution is -0.917. The smallest absolute Gasteiger partial charge is 0.233 e. The van der Waals surface area contributed by atoms with E-state index in [1.165, 1.54) is 22.2 Å². The molecule has 0 atom stereocenters. The second-order valence-corrected chi connectivity index (χ2v) is 8.44. The van der Waals surface area contributed by atoms with Crippen LogP contribution < -0.4 is 4.90 Å². The van der Waals surface area contributed by atoms with E-state index in [9.17, 15) is 4.79 Å². The summed E-state index contributed by atoms with van der Waals surface area (Å²) in [6.45, 7) is 7.50. The Bertz CT molecular complexity index is 952. The van der Waals surface area contributed by atoms with Gasteiger partial charge in [-0.3, -0.25) is 4.79 Å². The number of quaternary nitrogens is 1. The lowest BCUT2D eigenvalue weighted by Gasteiger charge is -2.32. The highest BCUT2D eigenvalue weighted by Gasteiger charge is 2.24. The van der Waals surface area contributed by atoms with Gasteiger partial charge in [0.25, 0.3) is 0 Å². The van der Waals surface area contributed by atoms with Gasteiger partial charge in [0, 0.05) is 17.7 Å². The van der Waals surface area contributed by atoms with E-state index in [-0.39, 0.29) is 5.91 Å². The van der Waals surface area contributed by atoms with Crippen LogP contribution in [0.2, 0.25) is 0 Å². The minimum absolute atomic E-state index is 0.186. The van der Waals surface area contributed by atoms with Gasteiger partial charge >= 0.3 is 0 Å². The van der Waals surface area contributed by atoms with E-state index in [2.05, 4.69) is 52.0 Å². The monoisotopic (exact) mass is 422 g/mol. The molecule has 2 heterocycles. The zero-order valence-corrected chi connectivity index (χ0v) is 18.1. The summed E-state index contributed by atoms with van der Waals surface area (Å²) in [4.78, 5) is 16.3. The molecule has 2 aromatic carbocycles. The molecular weight excluding hydrogens is 394 g/mol. The van der Waals surface area contributed by atoms with E-state index in [4.69, 9.17) is 0 Å². The van der Waals surface area contributed by atoms with Crippen LogP contribution in [0.5, 0.6) is 0 Å². The Morgan fingerprint density at radius 2 is 1.67 bits per heavy atom. The molecule has 1 aliphatic heterocycles. The fourth-order valence-corrected chi connectivity index (χ4v) is 4.74. The lowest BCUT2D eigenvalue weighted by Crippen LogP contribution is -3.13. The number of benzene rings is 2. The van der Waals surface area contributed by atoms with Gasteiger partial charge in [-0.1, -0.05) is 72.4 Å². The third-order valence-corrected chi connectivity index (χ3v) is 6.46. The number of hydrogen-bond donors (Lipinski definition) is 1. The van der Waals surface area contributed by atoms with Crippen LogP contribution in [0, 0.1) is 0 Å². The first-order chi connectivity index (χ1) is 14.7. The number of aromatic nitrogens is 3. The topological polar surface area (TPSA) is 55.5 Å². The van der Waals surface area contributed by atoms with Crippen molar-refractivity contribution in [3.05, 3.63) is 66.2 Å². The lowest BCUT2D eigenvalue weighted by atomic mass is 10.2. The van der Waals surface area contributed by atoms with Gasteiger partial charge in [-0.15, -0.1) is 10.2 Å². The van der Waals surface area contributed by atoms with Gasteiger partial charge in [-0.05, 0) is 6.92 Å². The van der Waals surface area contributed by atoms with Crippen molar-refractivity contribution in [3.63, 3.8) is 0 Å². The molecule has 1 N–H and O–H groups in total. The van der Waals surface area contributed by atoms with E-state index in [0.29, 0.717) is 5.75 Å². The van der Waals surface area contributed by atoms with Crippen LogP contribution in [0.4, 0.5) is 0 Å². The second-order valence-electron chi connectivity index (χ2n) is 7.50. The molecule has 0 bridgehead atoms. The summed E-state index contributed by atoms with van der Waals surface area (Å²) < 4.78 is 2.08. The summed E-state index contributed by atoms with van der Waals surface area (Å²) in [5.41, 5.74) is 2.40. The SMILES string of the molecule is CCn1c(SCC(=O)N2CC[NH+](Cc3ccccc3)CC2)nnc1-c1ccccc1. The van der Waals surface area contributed by atoms with Gasteiger partial charge in [0.05, 0.1) is 31.9 Å².